The van der Waals surface area contributed by atoms with Gasteiger partial charge in [0.05, 0.1) is 5.75 Å². The summed E-state index contributed by atoms with van der Waals surface area (Å²) >= 11 is 0. The number of nitrogens with one attached hydrogen (secondary N) is 1. The van der Waals surface area contributed by atoms with E-state index in [2.05, 4.69) is 5.32 Å². The van der Waals surface area contributed by atoms with Crippen molar-refractivity contribution in [2.45, 2.75) is 26.7 Å². The van der Waals surface area contributed by atoms with Crippen molar-refractivity contribution in [3.8, 4) is 0 Å². The summed E-state index contributed by atoms with van der Waals surface area (Å²) in [5.74, 6) is 0.195. The van der Waals surface area contributed by atoms with Gasteiger partial charge in [0, 0.05) is 13.1 Å². The third-order valence-electron chi connectivity index (χ3n) is 3.39. The molecule has 120 valence electrons. The van der Waals surface area contributed by atoms with Crippen LogP contribution in [0.1, 0.15) is 26.7 Å². The number of sulfone groups is 1. The number of halogens is 1. The Balaban J connectivity index is 0.00000361. The van der Waals surface area contributed by atoms with Crippen molar-refractivity contribution < 1.29 is 13.2 Å². The fourth-order valence-electron chi connectivity index (χ4n) is 2.52. The number of hydrogen-bond acceptors (Lipinski definition) is 4. The normalized spacial score (nSPS) is 17.1. The Labute approximate surface area is 128 Å². The second-order valence-corrected chi connectivity index (χ2v) is 7.94. The van der Waals surface area contributed by atoms with Crippen LogP contribution in [-0.4, -0.2) is 57.4 Å². The number of nitrogens with zero attached hydrogens (tertiary/aromatic N) is 1. The van der Waals surface area contributed by atoms with Crippen LogP contribution in [0.2, 0.25) is 0 Å². The first-order valence-corrected chi connectivity index (χ1v) is 8.79. The molecule has 1 rings (SSSR count). The maximum atomic E-state index is 12.0. The molecule has 0 bridgehead atoms. The summed E-state index contributed by atoms with van der Waals surface area (Å²) < 4.78 is 23.6. The summed E-state index contributed by atoms with van der Waals surface area (Å²) in [6, 6.07) is 0. The standard InChI is InChI=1S/C13H26N2O3S.ClH/c1-11(2)9-19(17,18)10-13(16)15-6-4-12(5-7-15)8-14-3;/h11-12,14H,4-10H2,1-3H3;1H. The number of carbonyl (C=O) groups excluding carboxylic acids is 1. The molecular formula is C13H27ClN2O3S. The van der Waals surface area contributed by atoms with E-state index in [0.717, 1.165) is 19.4 Å². The molecule has 1 aliphatic rings. The molecule has 1 fully saturated rings. The second kappa shape index (κ2) is 8.85. The molecule has 1 N–H and O–H groups in total. The van der Waals surface area contributed by atoms with Crippen molar-refractivity contribution in [2.75, 3.05) is 38.2 Å². The number of rotatable bonds is 6. The lowest BCUT2D eigenvalue weighted by atomic mass is 9.97. The zero-order chi connectivity index (χ0) is 14.5. The quantitative estimate of drug-likeness (QED) is 0.789. The molecule has 1 heterocycles. The predicted octanol–water partition coefficient (Wildman–Crippen LogP) is 0.937. The topological polar surface area (TPSA) is 66.5 Å². The lowest BCUT2D eigenvalue weighted by molar-refractivity contribution is -0.129. The highest BCUT2D eigenvalue weighted by Crippen LogP contribution is 2.16. The highest BCUT2D eigenvalue weighted by Gasteiger charge is 2.26. The van der Waals surface area contributed by atoms with E-state index in [0.29, 0.717) is 19.0 Å². The molecule has 1 aliphatic heterocycles. The molecule has 0 aromatic heterocycles. The SMILES string of the molecule is CNCC1CCN(C(=O)CS(=O)(=O)CC(C)C)CC1.Cl. The minimum absolute atomic E-state index is 0. The van der Waals surface area contributed by atoms with Crippen LogP contribution in [0.3, 0.4) is 0 Å². The van der Waals surface area contributed by atoms with E-state index >= 15 is 0 Å². The van der Waals surface area contributed by atoms with E-state index in [1.807, 2.05) is 20.9 Å². The fourth-order valence-corrected chi connectivity index (χ4v) is 4.21. The van der Waals surface area contributed by atoms with Gasteiger partial charge in [0.2, 0.25) is 5.91 Å². The lowest BCUT2D eigenvalue weighted by Gasteiger charge is -2.32. The van der Waals surface area contributed by atoms with Gasteiger partial charge >= 0.3 is 0 Å². The molecule has 20 heavy (non-hydrogen) atoms. The first-order valence-electron chi connectivity index (χ1n) is 6.97. The highest BCUT2D eigenvalue weighted by atomic mass is 35.5. The van der Waals surface area contributed by atoms with Crippen LogP contribution in [0.25, 0.3) is 0 Å². The Morgan fingerprint density at radius 2 is 1.85 bits per heavy atom. The summed E-state index contributed by atoms with van der Waals surface area (Å²) in [4.78, 5) is 13.7. The molecule has 0 aromatic carbocycles. The van der Waals surface area contributed by atoms with E-state index in [9.17, 15) is 13.2 Å². The number of amides is 1. The number of carbonyl (C=O) groups is 1. The van der Waals surface area contributed by atoms with Crippen molar-refractivity contribution in [1.82, 2.24) is 10.2 Å². The smallest absolute Gasteiger partial charge is 0.237 e. The molecule has 0 aromatic rings. The van der Waals surface area contributed by atoms with Crippen LogP contribution in [0.15, 0.2) is 0 Å². The monoisotopic (exact) mass is 326 g/mol. The van der Waals surface area contributed by atoms with E-state index in [4.69, 9.17) is 0 Å². The van der Waals surface area contributed by atoms with Gasteiger partial charge in [0.25, 0.3) is 0 Å². The molecule has 0 aliphatic carbocycles. The van der Waals surface area contributed by atoms with E-state index in [1.165, 1.54) is 0 Å². The Morgan fingerprint density at radius 3 is 2.30 bits per heavy atom. The minimum Gasteiger partial charge on any atom is -0.342 e. The van der Waals surface area contributed by atoms with Gasteiger partial charge in [0.1, 0.15) is 5.75 Å². The maximum absolute atomic E-state index is 12.0. The third-order valence-corrected chi connectivity index (χ3v) is 5.25. The molecular weight excluding hydrogens is 300 g/mol. The Kier molecular flexibility index (Phi) is 8.70. The largest absolute Gasteiger partial charge is 0.342 e. The van der Waals surface area contributed by atoms with Gasteiger partial charge in [0.15, 0.2) is 9.84 Å². The van der Waals surface area contributed by atoms with Crippen LogP contribution in [0, 0.1) is 11.8 Å². The Bertz CT molecular complexity index is 390. The van der Waals surface area contributed by atoms with Crippen molar-refractivity contribution in [2.24, 2.45) is 11.8 Å². The van der Waals surface area contributed by atoms with Gasteiger partial charge in [-0.2, -0.15) is 0 Å². The van der Waals surface area contributed by atoms with E-state index < -0.39 is 9.84 Å². The summed E-state index contributed by atoms with van der Waals surface area (Å²) in [6.45, 7) is 6.04. The summed E-state index contributed by atoms with van der Waals surface area (Å²) in [7, 11) is -1.33. The van der Waals surface area contributed by atoms with Gasteiger partial charge < -0.3 is 10.2 Å². The van der Waals surface area contributed by atoms with Crippen LogP contribution in [0.4, 0.5) is 0 Å². The van der Waals surface area contributed by atoms with Gasteiger partial charge in [-0.15, -0.1) is 12.4 Å². The van der Waals surface area contributed by atoms with Gasteiger partial charge in [-0.1, -0.05) is 13.8 Å². The molecule has 1 amide bonds. The van der Waals surface area contributed by atoms with Crippen molar-refractivity contribution >= 4 is 28.2 Å². The fraction of sp³-hybridized carbons (Fsp3) is 0.923. The average molecular weight is 327 g/mol. The first kappa shape index (κ1) is 19.7. The molecule has 5 nitrogen and oxygen atoms in total. The Morgan fingerprint density at radius 1 is 1.30 bits per heavy atom. The Hall–Kier alpha value is -0.330. The molecule has 7 heteroatoms. The average Bonchev–Trinajstić information content (AvgIpc) is 2.27. The predicted molar refractivity (Wildman–Crippen MR) is 84.0 cm³/mol. The number of piperidine rings is 1. The number of likely N-dealkylation sites (tertiary alicyclic amines) is 1. The van der Waals surface area contributed by atoms with Crippen molar-refractivity contribution in [3.05, 3.63) is 0 Å². The maximum Gasteiger partial charge on any atom is 0.237 e. The van der Waals surface area contributed by atoms with Crippen molar-refractivity contribution in [3.63, 3.8) is 0 Å². The van der Waals surface area contributed by atoms with E-state index in [-0.39, 0.29) is 35.7 Å². The molecule has 0 spiro atoms. The van der Waals surface area contributed by atoms with Crippen LogP contribution >= 0.6 is 12.4 Å². The summed E-state index contributed by atoms with van der Waals surface area (Å²) in [6.07, 6.45) is 1.91. The zero-order valence-corrected chi connectivity index (χ0v) is 14.2. The van der Waals surface area contributed by atoms with Crippen LogP contribution < -0.4 is 5.32 Å². The third kappa shape index (κ3) is 6.90. The highest BCUT2D eigenvalue weighted by molar-refractivity contribution is 7.92. The molecule has 0 radical (unpaired) electrons. The molecule has 0 atom stereocenters. The first-order chi connectivity index (χ1) is 8.84. The lowest BCUT2D eigenvalue weighted by Crippen LogP contribution is -2.43. The minimum atomic E-state index is -3.26. The van der Waals surface area contributed by atoms with Gasteiger partial charge in [-0.05, 0) is 38.3 Å². The summed E-state index contributed by atoms with van der Waals surface area (Å²) in [5, 5.41) is 3.14. The van der Waals surface area contributed by atoms with Crippen molar-refractivity contribution in [1.29, 1.82) is 0 Å². The van der Waals surface area contributed by atoms with Crippen LogP contribution in [-0.2, 0) is 14.6 Å². The van der Waals surface area contributed by atoms with E-state index in [1.54, 1.807) is 4.90 Å². The second-order valence-electron chi connectivity index (χ2n) is 5.83. The van der Waals surface area contributed by atoms with Gasteiger partial charge in [-0.3, -0.25) is 4.79 Å². The molecule has 1 saturated heterocycles. The summed E-state index contributed by atoms with van der Waals surface area (Å²) in [5.41, 5.74) is 0. The zero-order valence-electron chi connectivity index (χ0n) is 12.6. The van der Waals surface area contributed by atoms with Gasteiger partial charge in [-0.25, -0.2) is 8.42 Å². The van der Waals surface area contributed by atoms with Crippen LogP contribution in [0.5, 0.6) is 0 Å². The number of hydrogen-bond donors (Lipinski definition) is 1. The molecule has 0 saturated carbocycles. The molecule has 0 unspecified atom stereocenters.